The van der Waals surface area contributed by atoms with Crippen LogP contribution in [0, 0.1) is 23.7 Å². The lowest BCUT2D eigenvalue weighted by Crippen LogP contribution is -2.29. The summed E-state index contributed by atoms with van der Waals surface area (Å²) in [7, 11) is 0. The first-order valence-corrected chi connectivity index (χ1v) is 18.0. The maximum absolute atomic E-state index is 11.8. The van der Waals surface area contributed by atoms with Crippen LogP contribution in [0.5, 0.6) is 0 Å². The zero-order valence-electron chi connectivity index (χ0n) is 27.1. The van der Waals surface area contributed by atoms with Crippen molar-refractivity contribution in [2.45, 2.75) is 44.0 Å². The summed E-state index contributed by atoms with van der Waals surface area (Å²) < 4.78 is 11.9. The van der Waals surface area contributed by atoms with Crippen LogP contribution < -0.4 is 0 Å². The second-order valence-electron chi connectivity index (χ2n) is 12.2. The Labute approximate surface area is 300 Å². The van der Waals surface area contributed by atoms with Gasteiger partial charge in [0.25, 0.3) is 0 Å². The topological polar surface area (TPSA) is 58.9 Å². The molecule has 244 valence electrons. The molecule has 0 atom stereocenters. The summed E-state index contributed by atoms with van der Waals surface area (Å²) >= 11 is 3.31. The average molecular weight is 689 g/mol. The van der Waals surface area contributed by atoms with Crippen LogP contribution in [0.2, 0.25) is 0 Å². The highest BCUT2D eigenvalue weighted by Crippen LogP contribution is 2.48. The fraction of sp³-hybridized carbons (Fsp3) is 0.136. The van der Waals surface area contributed by atoms with Crippen molar-refractivity contribution in [3.05, 3.63) is 167 Å². The summed E-state index contributed by atoms with van der Waals surface area (Å²) in [5, 5.41) is 25.8. The Morgan fingerprint density at radius 1 is 0.460 bits per heavy atom. The molecule has 6 heteroatoms. The third-order valence-electron chi connectivity index (χ3n) is 8.94. The maximum Gasteiger partial charge on any atom is 0.179 e. The molecule has 0 spiro atoms. The van der Waals surface area contributed by atoms with E-state index in [4.69, 9.17) is 9.47 Å². The number of hydrogen-bond donors (Lipinski definition) is 2. The molecular weight excluding hydrogens is 657 g/mol. The fourth-order valence-electron chi connectivity index (χ4n) is 6.51. The van der Waals surface area contributed by atoms with Gasteiger partial charge in [-0.05, 0) is 58.3 Å². The van der Waals surface area contributed by atoms with Crippen LogP contribution >= 0.6 is 23.5 Å². The molecule has 2 aliphatic rings. The standard InChI is InChI=1S/C44H32O4S2/c45-43(35-11-1-5-15-39(35)49-40-16-6-2-12-36(40)43)23-9-25-47-29-31-19-21-34-28-32(20-22-33(34)27-31)30-48-26-10-24-44(46)37-13-3-7-17-41(37)50-42-18-8-4-14-38(42)44/h1-8,11-22,27-28,45-46H,25-26,29-30H2. The zero-order valence-corrected chi connectivity index (χ0v) is 28.7. The van der Waals surface area contributed by atoms with E-state index >= 15 is 0 Å². The molecule has 0 saturated heterocycles. The Bertz CT molecular complexity index is 2100. The Hall–Kier alpha value is -4.76. The van der Waals surface area contributed by atoms with Crippen molar-refractivity contribution in [2.24, 2.45) is 0 Å². The summed E-state index contributed by atoms with van der Waals surface area (Å²) in [6, 6.07) is 44.0. The SMILES string of the molecule is OC1(C#CCOCc2ccc3cc(COCC#CC4(O)c5ccccc5Sc5ccccc54)ccc3c2)c2ccccc2Sc2ccccc21. The summed E-state index contributed by atoms with van der Waals surface area (Å²) in [5.41, 5.74) is 2.54. The van der Waals surface area contributed by atoms with Crippen LogP contribution in [0.4, 0.5) is 0 Å². The smallest absolute Gasteiger partial charge is 0.179 e. The summed E-state index contributed by atoms with van der Waals surface area (Å²) in [4.78, 5) is 4.04. The lowest BCUT2D eigenvalue weighted by atomic mass is 9.86. The second kappa shape index (κ2) is 13.9. The molecule has 2 heterocycles. The minimum absolute atomic E-state index is 0.201. The molecular formula is C44H32O4S2. The lowest BCUT2D eigenvalue weighted by molar-refractivity contribution is 0.134. The number of ether oxygens (including phenoxy) is 2. The third-order valence-corrected chi connectivity index (χ3v) is 11.2. The van der Waals surface area contributed by atoms with Gasteiger partial charge in [-0.15, -0.1) is 0 Å². The van der Waals surface area contributed by atoms with E-state index in [2.05, 4.69) is 60.1 Å². The van der Waals surface area contributed by atoms with Gasteiger partial charge >= 0.3 is 0 Å². The number of benzene rings is 6. The van der Waals surface area contributed by atoms with Gasteiger partial charge in [0.1, 0.15) is 13.2 Å². The minimum atomic E-state index is -1.38. The number of aliphatic hydroxyl groups is 2. The Kier molecular flexibility index (Phi) is 9.00. The van der Waals surface area contributed by atoms with Gasteiger partial charge in [-0.25, -0.2) is 0 Å². The van der Waals surface area contributed by atoms with Crippen LogP contribution in [0.15, 0.2) is 153 Å². The van der Waals surface area contributed by atoms with E-state index in [9.17, 15) is 10.2 Å². The Morgan fingerprint density at radius 3 is 1.16 bits per heavy atom. The predicted octanol–water partition coefficient (Wildman–Crippen LogP) is 8.68. The molecule has 6 aromatic carbocycles. The molecule has 0 saturated carbocycles. The molecule has 4 nitrogen and oxygen atoms in total. The first-order valence-electron chi connectivity index (χ1n) is 16.4. The lowest BCUT2D eigenvalue weighted by Gasteiger charge is -2.31. The van der Waals surface area contributed by atoms with E-state index in [1.54, 1.807) is 23.5 Å². The van der Waals surface area contributed by atoms with Crippen molar-refractivity contribution >= 4 is 34.3 Å². The van der Waals surface area contributed by atoms with E-state index in [1.165, 1.54) is 0 Å². The molecule has 2 aliphatic heterocycles. The molecule has 50 heavy (non-hydrogen) atoms. The second-order valence-corrected chi connectivity index (χ2v) is 14.4. The van der Waals surface area contributed by atoms with Crippen molar-refractivity contribution in [3.63, 3.8) is 0 Å². The predicted molar refractivity (Wildman–Crippen MR) is 199 cm³/mol. The molecule has 8 rings (SSSR count). The average Bonchev–Trinajstić information content (AvgIpc) is 3.15. The van der Waals surface area contributed by atoms with Crippen molar-refractivity contribution in [3.8, 4) is 23.7 Å². The van der Waals surface area contributed by atoms with Crippen molar-refractivity contribution in [2.75, 3.05) is 13.2 Å². The number of hydrogen-bond acceptors (Lipinski definition) is 6. The van der Waals surface area contributed by atoms with Gasteiger partial charge in [0.2, 0.25) is 0 Å². The van der Waals surface area contributed by atoms with Gasteiger partial charge in [-0.3, -0.25) is 0 Å². The first kappa shape index (κ1) is 32.4. The van der Waals surface area contributed by atoms with E-state index < -0.39 is 11.2 Å². The van der Waals surface area contributed by atoms with Gasteiger partial charge in [-0.1, -0.05) is 144 Å². The van der Waals surface area contributed by atoms with Crippen molar-refractivity contribution in [1.82, 2.24) is 0 Å². The normalized spacial score (nSPS) is 14.5. The highest BCUT2D eigenvalue weighted by atomic mass is 32.2. The fourth-order valence-corrected chi connectivity index (χ4v) is 8.87. The van der Waals surface area contributed by atoms with Crippen LogP contribution in [-0.4, -0.2) is 23.4 Å². The quantitative estimate of drug-likeness (QED) is 0.135. The van der Waals surface area contributed by atoms with E-state index in [1.807, 2.05) is 97.1 Å². The van der Waals surface area contributed by atoms with Crippen LogP contribution in [0.25, 0.3) is 10.8 Å². The van der Waals surface area contributed by atoms with Crippen molar-refractivity contribution < 1.29 is 19.7 Å². The first-order chi connectivity index (χ1) is 24.5. The summed E-state index contributed by atoms with van der Waals surface area (Å²) in [6.45, 7) is 1.23. The summed E-state index contributed by atoms with van der Waals surface area (Å²) in [5.74, 6) is 12.4. The van der Waals surface area contributed by atoms with Crippen LogP contribution in [-0.2, 0) is 33.9 Å². The van der Waals surface area contributed by atoms with Crippen LogP contribution in [0.3, 0.4) is 0 Å². The van der Waals surface area contributed by atoms with Crippen molar-refractivity contribution in [1.29, 1.82) is 0 Å². The van der Waals surface area contributed by atoms with E-state index in [0.29, 0.717) is 13.2 Å². The molecule has 0 radical (unpaired) electrons. The number of rotatable bonds is 6. The van der Waals surface area contributed by atoms with Gasteiger partial charge in [0.05, 0.1) is 13.2 Å². The van der Waals surface area contributed by atoms with Gasteiger partial charge in [0.15, 0.2) is 11.2 Å². The monoisotopic (exact) mass is 688 g/mol. The maximum atomic E-state index is 11.8. The highest BCUT2D eigenvalue weighted by Gasteiger charge is 2.38. The molecule has 0 amide bonds. The Balaban J connectivity index is 0.882. The zero-order chi connectivity index (χ0) is 34.0. The molecule has 6 aromatic rings. The Morgan fingerprint density at radius 2 is 0.800 bits per heavy atom. The molecule has 0 aromatic heterocycles. The third kappa shape index (κ3) is 6.23. The van der Waals surface area contributed by atoms with E-state index in [0.717, 1.165) is 63.7 Å². The largest absolute Gasteiger partial charge is 0.369 e. The van der Waals surface area contributed by atoms with E-state index in [-0.39, 0.29) is 13.2 Å². The van der Waals surface area contributed by atoms with Gasteiger partial charge in [-0.2, -0.15) is 0 Å². The van der Waals surface area contributed by atoms with Crippen LogP contribution in [0.1, 0.15) is 33.4 Å². The minimum Gasteiger partial charge on any atom is -0.369 e. The molecule has 0 unspecified atom stereocenters. The highest BCUT2D eigenvalue weighted by molar-refractivity contribution is 7.99. The summed E-state index contributed by atoms with van der Waals surface area (Å²) in [6.07, 6.45) is 0. The van der Waals surface area contributed by atoms with Gasteiger partial charge in [0, 0.05) is 41.8 Å². The molecule has 0 bridgehead atoms. The van der Waals surface area contributed by atoms with Gasteiger partial charge < -0.3 is 19.7 Å². The molecule has 0 aliphatic carbocycles. The molecule has 2 N–H and O–H groups in total. The number of fused-ring (bicyclic) bond motifs is 5. The molecule has 0 fully saturated rings.